The van der Waals surface area contributed by atoms with Crippen molar-refractivity contribution >= 4 is 11.7 Å². The summed E-state index contributed by atoms with van der Waals surface area (Å²) >= 11 is 0. The van der Waals surface area contributed by atoms with Gasteiger partial charge in [0.05, 0.1) is 0 Å². The Hall–Kier alpha value is -1.64. The second kappa shape index (κ2) is 4.70. The van der Waals surface area contributed by atoms with E-state index >= 15 is 0 Å². The van der Waals surface area contributed by atoms with Gasteiger partial charge in [0.2, 0.25) is 5.91 Å². The molecule has 2 atom stereocenters. The molecule has 17 heavy (non-hydrogen) atoms. The van der Waals surface area contributed by atoms with Crippen LogP contribution in [0.15, 0.2) is 30.3 Å². The zero-order valence-corrected chi connectivity index (χ0v) is 10.2. The molecule has 0 saturated carbocycles. The zero-order valence-electron chi connectivity index (χ0n) is 10.2. The van der Waals surface area contributed by atoms with Crippen molar-refractivity contribution in [1.29, 1.82) is 0 Å². The number of rotatable bonds is 2. The number of hydrogen-bond acceptors (Lipinski definition) is 2. The Labute approximate surface area is 101 Å². The zero-order chi connectivity index (χ0) is 12.4. The van der Waals surface area contributed by atoms with Crippen LogP contribution >= 0.6 is 0 Å². The van der Waals surface area contributed by atoms with Gasteiger partial charge in [-0.25, -0.2) is 0 Å². The monoisotopic (exact) mass is 231 g/mol. The average Bonchev–Trinajstić information content (AvgIpc) is 2.75. The summed E-state index contributed by atoms with van der Waals surface area (Å²) in [5.41, 5.74) is 1.15. The Bertz CT molecular complexity index is 427. The number of carbonyl (C=O) groups is 2. The predicted molar refractivity (Wildman–Crippen MR) is 65.6 cm³/mol. The van der Waals surface area contributed by atoms with Crippen molar-refractivity contribution in [3.63, 3.8) is 0 Å². The van der Waals surface area contributed by atoms with Gasteiger partial charge in [0.1, 0.15) is 5.78 Å². The quantitative estimate of drug-likeness (QED) is 0.778. The first-order valence-electron chi connectivity index (χ1n) is 5.90. The van der Waals surface area contributed by atoms with Crippen LogP contribution in [0.2, 0.25) is 0 Å². The van der Waals surface area contributed by atoms with Crippen LogP contribution in [0.25, 0.3) is 0 Å². The number of benzene rings is 1. The first-order valence-corrected chi connectivity index (χ1v) is 5.90. The molecule has 0 aliphatic carbocycles. The van der Waals surface area contributed by atoms with Crippen molar-refractivity contribution in [1.82, 2.24) is 4.90 Å². The third-order valence-corrected chi connectivity index (χ3v) is 3.52. The molecule has 0 aromatic heterocycles. The highest BCUT2D eigenvalue weighted by molar-refractivity contribution is 5.82. The fraction of sp³-hybridized carbons (Fsp3) is 0.429. The molecule has 1 aliphatic rings. The van der Waals surface area contributed by atoms with Crippen LogP contribution in [0.5, 0.6) is 0 Å². The average molecular weight is 231 g/mol. The summed E-state index contributed by atoms with van der Waals surface area (Å²) < 4.78 is 0. The van der Waals surface area contributed by atoms with Gasteiger partial charge in [-0.05, 0) is 12.5 Å². The van der Waals surface area contributed by atoms with E-state index in [0.29, 0.717) is 13.1 Å². The molecule has 1 amide bonds. The molecule has 0 unspecified atom stereocenters. The van der Waals surface area contributed by atoms with E-state index in [2.05, 4.69) is 0 Å². The van der Waals surface area contributed by atoms with Gasteiger partial charge in [-0.2, -0.15) is 0 Å². The Balaban J connectivity index is 2.26. The standard InChI is InChI=1S/C14H17NO2/c1-10(16)13-8-15(11(2)17)9-14(13)12-6-4-3-5-7-12/h3-7,13-14H,8-9H2,1-2H3/t13-,14-/m0/s1. The molecular formula is C14H17NO2. The number of hydrogen-bond donors (Lipinski definition) is 0. The van der Waals surface area contributed by atoms with Gasteiger partial charge >= 0.3 is 0 Å². The normalized spacial score (nSPS) is 23.8. The van der Waals surface area contributed by atoms with Crippen molar-refractivity contribution in [2.45, 2.75) is 19.8 Å². The number of likely N-dealkylation sites (tertiary alicyclic amines) is 1. The topological polar surface area (TPSA) is 37.4 Å². The second-order valence-electron chi connectivity index (χ2n) is 4.66. The van der Waals surface area contributed by atoms with Crippen LogP contribution < -0.4 is 0 Å². The molecule has 3 heteroatoms. The molecule has 3 nitrogen and oxygen atoms in total. The van der Waals surface area contributed by atoms with Crippen LogP contribution in [0.4, 0.5) is 0 Å². The van der Waals surface area contributed by atoms with E-state index in [1.165, 1.54) is 0 Å². The molecule has 0 bridgehead atoms. The molecule has 1 aromatic carbocycles. The lowest BCUT2D eigenvalue weighted by molar-refractivity contribution is -0.128. The smallest absolute Gasteiger partial charge is 0.219 e. The molecule has 1 fully saturated rings. The second-order valence-corrected chi connectivity index (χ2v) is 4.66. The van der Waals surface area contributed by atoms with Crippen molar-refractivity contribution in [3.05, 3.63) is 35.9 Å². The minimum atomic E-state index is -0.0544. The fourth-order valence-corrected chi connectivity index (χ4v) is 2.51. The van der Waals surface area contributed by atoms with E-state index in [4.69, 9.17) is 0 Å². The summed E-state index contributed by atoms with van der Waals surface area (Å²) in [6, 6.07) is 9.98. The minimum absolute atomic E-state index is 0.0506. The Morgan fingerprint density at radius 3 is 2.29 bits per heavy atom. The van der Waals surface area contributed by atoms with E-state index in [1.54, 1.807) is 18.7 Å². The highest BCUT2D eigenvalue weighted by Crippen LogP contribution is 2.33. The van der Waals surface area contributed by atoms with Gasteiger partial charge in [-0.3, -0.25) is 9.59 Å². The van der Waals surface area contributed by atoms with E-state index in [1.807, 2.05) is 30.3 Å². The highest BCUT2D eigenvalue weighted by Gasteiger charge is 2.37. The molecule has 0 radical (unpaired) electrons. The first kappa shape index (κ1) is 11.8. The summed E-state index contributed by atoms with van der Waals surface area (Å²) in [4.78, 5) is 24.8. The molecular weight excluding hydrogens is 214 g/mol. The number of carbonyl (C=O) groups excluding carboxylic acids is 2. The highest BCUT2D eigenvalue weighted by atomic mass is 16.2. The van der Waals surface area contributed by atoms with Crippen LogP contribution in [0.3, 0.4) is 0 Å². The van der Waals surface area contributed by atoms with Crippen molar-refractivity contribution in [3.8, 4) is 0 Å². The summed E-state index contributed by atoms with van der Waals surface area (Å²) in [5.74, 6) is 0.316. The van der Waals surface area contributed by atoms with Gasteiger partial charge in [0, 0.05) is 31.8 Å². The Kier molecular flexibility index (Phi) is 3.27. The molecule has 0 spiro atoms. The minimum Gasteiger partial charge on any atom is -0.342 e. The molecule has 1 heterocycles. The van der Waals surface area contributed by atoms with Crippen LogP contribution in [-0.4, -0.2) is 29.7 Å². The van der Waals surface area contributed by atoms with Gasteiger partial charge in [-0.15, -0.1) is 0 Å². The first-order chi connectivity index (χ1) is 8.09. The van der Waals surface area contributed by atoms with Gasteiger partial charge < -0.3 is 4.90 Å². The lowest BCUT2D eigenvalue weighted by atomic mass is 9.87. The summed E-state index contributed by atoms with van der Waals surface area (Å²) in [6.07, 6.45) is 0. The summed E-state index contributed by atoms with van der Waals surface area (Å²) in [7, 11) is 0. The predicted octanol–water partition coefficient (Wildman–Crippen LogP) is 1.84. The molecule has 90 valence electrons. The van der Waals surface area contributed by atoms with E-state index < -0.39 is 0 Å². The van der Waals surface area contributed by atoms with Gasteiger partial charge in [0.15, 0.2) is 0 Å². The lowest BCUT2D eigenvalue weighted by Gasteiger charge is -2.15. The largest absolute Gasteiger partial charge is 0.342 e. The SMILES string of the molecule is CC(=O)[C@@H]1CN(C(C)=O)C[C@H]1c1ccccc1. The van der Waals surface area contributed by atoms with E-state index in [9.17, 15) is 9.59 Å². The number of ketones is 1. The molecule has 1 saturated heterocycles. The van der Waals surface area contributed by atoms with Crippen molar-refractivity contribution in [2.75, 3.05) is 13.1 Å². The maximum atomic E-state index is 11.7. The Morgan fingerprint density at radius 1 is 1.12 bits per heavy atom. The van der Waals surface area contributed by atoms with E-state index in [-0.39, 0.29) is 23.5 Å². The molecule has 1 aliphatic heterocycles. The molecule has 0 N–H and O–H groups in total. The molecule has 2 rings (SSSR count). The number of Topliss-reactive ketones (excluding diaryl/α,β-unsaturated/α-hetero) is 1. The summed E-state index contributed by atoms with van der Waals surface area (Å²) in [6.45, 7) is 4.39. The maximum Gasteiger partial charge on any atom is 0.219 e. The van der Waals surface area contributed by atoms with Crippen molar-refractivity contribution < 1.29 is 9.59 Å². The maximum absolute atomic E-state index is 11.7. The van der Waals surface area contributed by atoms with Crippen LogP contribution in [-0.2, 0) is 9.59 Å². The van der Waals surface area contributed by atoms with Gasteiger partial charge in [0.25, 0.3) is 0 Å². The Morgan fingerprint density at radius 2 is 1.76 bits per heavy atom. The fourth-order valence-electron chi connectivity index (χ4n) is 2.51. The third-order valence-electron chi connectivity index (χ3n) is 3.52. The van der Waals surface area contributed by atoms with Crippen LogP contribution in [0.1, 0.15) is 25.3 Å². The van der Waals surface area contributed by atoms with E-state index in [0.717, 1.165) is 5.56 Å². The molecule has 1 aromatic rings. The number of nitrogens with zero attached hydrogens (tertiary/aromatic N) is 1. The number of amides is 1. The third kappa shape index (κ3) is 2.38. The summed E-state index contributed by atoms with van der Waals surface area (Å²) in [5, 5.41) is 0. The lowest BCUT2D eigenvalue weighted by Crippen LogP contribution is -2.26. The van der Waals surface area contributed by atoms with Crippen LogP contribution in [0, 0.1) is 5.92 Å². The van der Waals surface area contributed by atoms with Gasteiger partial charge in [-0.1, -0.05) is 30.3 Å². The van der Waals surface area contributed by atoms with Crippen molar-refractivity contribution in [2.24, 2.45) is 5.92 Å².